The van der Waals surface area contributed by atoms with Crippen LogP contribution in [0.1, 0.15) is 51.0 Å². The standard InChI is InChI=1S/C27H37B2N5O4/c1-2-20(33-27(28,29)38)24(35)32-22(17-10-5-3-6-11-17)26(37)34-21(16-18-12-9-15-30-23(18)34)25(36)31-19-13-7-4-8-14-19/h4,7-9,12-15,17,20-22,33,38H,2-3,5-6,10-11,16,28-29H2,1H3,(H,31,36)(H,32,35)/t20-,21?,22?/m0/s1. The summed E-state index contributed by atoms with van der Waals surface area (Å²) in [5, 5.41) is 19.1. The zero-order valence-electron chi connectivity index (χ0n) is 22.4. The molecule has 1 fully saturated rings. The van der Waals surface area contributed by atoms with Gasteiger partial charge in [0.05, 0.1) is 6.04 Å². The first kappa shape index (κ1) is 27.9. The van der Waals surface area contributed by atoms with Gasteiger partial charge in [-0.05, 0) is 48.9 Å². The number of rotatable bonds is 9. The van der Waals surface area contributed by atoms with Gasteiger partial charge in [0.1, 0.15) is 33.6 Å². The molecule has 1 aromatic heterocycles. The van der Waals surface area contributed by atoms with E-state index >= 15 is 0 Å². The number of carbonyl (C=O) groups excluding carboxylic acids is 3. The smallest absolute Gasteiger partial charge is 0.251 e. The van der Waals surface area contributed by atoms with Gasteiger partial charge in [-0.2, -0.15) is 0 Å². The molecular formula is C27H37B2N5O4. The number of aromatic nitrogens is 1. The van der Waals surface area contributed by atoms with E-state index in [1.54, 1.807) is 40.1 Å². The van der Waals surface area contributed by atoms with Gasteiger partial charge < -0.3 is 15.7 Å². The molecule has 4 N–H and O–H groups in total. The van der Waals surface area contributed by atoms with Crippen LogP contribution in [0.25, 0.3) is 0 Å². The van der Waals surface area contributed by atoms with E-state index in [0.29, 0.717) is 24.3 Å². The number of hydrogen-bond acceptors (Lipinski definition) is 6. The third-order valence-electron chi connectivity index (χ3n) is 7.34. The van der Waals surface area contributed by atoms with E-state index in [1.165, 1.54) is 4.90 Å². The van der Waals surface area contributed by atoms with Crippen LogP contribution in [0.3, 0.4) is 0 Å². The van der Waals surface area contributed by atoms with Crippen molar-refractivity contribution in [2.45, 2.75) is 75.5 Å². The fourth-order valence-electron chi connectivity index (χ4n) is 5.50. The molecule has 38 heavy (non-hydrogen) atoms. The first-order valence-electron chi connectivity index (χ1n) is 13.6. The second-order valence-electron chi connectivity index (χ2n) is 10.8. The molecule has 0 radical (unpaired) electrons. The highest BCUT2D eigenvalue weighted by atomic mass is 16.3. The van der Waals surface area contributed by atoms with Crippen LogP contribution in [0.2, 0.25) is 0 Å². The molecule has 9 nitrogen and oxygen atoms in total. The highest BCUT2D eigenvalue weighted by molar-refractivity contribution is 6.38. The second kappa shape index (κ2) is 12.1. The SMILES string of the molecule is BC(B)(O)N[C@@H](CC)C(=O)NC(C(=O)N1c2ncccc2CC1C(=O)Nc1ccccc1)C1CCCCC1. The quantitative estimate of drug-likeness (QED) is 0.280. The van der Waals surface area contributed by atoms with Crippen LogP contribution in [0.5, 0.6) is 0 Å². The van der Waals surface area contributed by atoms with Crippen molar-refractivity contribution in [3.63, 3.8) is 0 Å². The number of anilines is 2. The molecule has 4 rings (SSSR count). The molecule has 0 bridgehead atoms. The third-order valence-corrected chi connectivity index (χ3v) is 7.34. The van der Waals surface area contributed by atoms with Gasteiger partial charge in [-0.3, -0.25) is 24.6 Å². The number of benzene rings is 1. The average Bonchev–Trinajstić information content (AvgIpc) is 3.30. The molecule has 2 aromatic rings. The summed E-state index contributed by atoms with van der Waals surface area (Å²) in [5.41, 5.74) is 0.216. The van der Waals surface area contributed by atoms with Gasteiger partial charge in [-0.1, -0.05) is 50.5 Å². The van der Waals surface area contributed by atoms with Gasteiger partial charge in [0, 0.05) is 23.8 Å². The molecular weight excluding hydrogens is 480 g/mol. The molecule has 2 heterocycles. The van der Waals surface area contributed by atoms with Crippen molar-refractivity contribution >= 4 is 44.9 Å². The molecule has 3 amide bonds. The number of hydrogen-bond donors (Lipinski definition) is 4. The first-order valence-corrected chi connectivity index (χ1v) is 13.6. The monoisotopic (exact) mass is 517 g/mol. The van der Waals surface area contributed by atoms with Gasteiger partial charge >= 0.3 is 0 Å². The van der Waals surface area contributed by atoms with Crippen molar-refractivity contribution in [2.24, 2.45) is 5.92 Å². The Morgan fingerprint density at radius 2 is 1.82 bits per heavy atom. The number of aliphatic hydroxyl groups is 1. The van der Waals surface area contributed by atoms with Crippen LogP contribution < -0.4 is 20.9 Å². The normalized spacial score (nSPS) is 19.3. The second-order valence-corrected chi connectivity index (χ2v) is 10.8. The van der Waals surface area contributed by atoms with Crippen LogP contribution in [-0.2, 0) is 20.8 Å². The lowest BCUT2D eigenvalue weighted by molar-refractivity contribution is -0.131. The van der Waals surface area contributed by atoms with Crippen LogP contribution in [0.4, 0.5) is 11.5 Å². The molecule has 1 aromatic carbocycles. The topological polar surface area (TPSA) is 124 Å². The Morgan fingerprint density at radius 3 is 2.47 bits per heavy atom. The number of amides is 3. The van der Waals surface area contributed by atoms with Crippen LogP contribution in [0, 0.1) is 5.92 Å². The van der Waals surface area contributed by atoms with Gasteiger partial charge in [-0.15, -0.1) is 0 Å². The Kier molecular flexibility index (Phi) is 8.89. The lowest BCUT2D eigenvalue weighted by atomic mass is 9.73. The van der Waals surface area contributed by atoms with E-state index in [4.69, 9.17) is 0 Å². The summed E-state index contributed by atoms with van der Waals surface area (Å²) in [7, 11) is 3.16. The van der Waals surface area contributed by atoms with Gasteiger partial charge in [0.25, 0.3) is 5.91 Å². The van der Waals surface area contributed by atoms with Gasteiger partial charge in [-0.25, -0.2) is 4.98 Å². The number of para-hydroxylation sites is 1. The summed E-state index contributed by atoms with van der Waals surface area (Å²) in [6.45, 7) is 1.85. The number of nitrogens with zero attached hydrogens (tertiary/aromatic N) is 2. The molecule has 1 saturated carbocycles. The molecule has 3 atom stereocenters. The minimum atomic E-state index is -1.25. The average molecular weight is 517 g/mol. The van der Waals surface area contributed by atoms with Crippen molar-refractivity contribution in [1.29, 1.82) is 0 Å². The van der Waals surface area contributed by atoms with Crippen molar-refractivity contribution in [3.8, 4) is 0 Å². The highest BCUT2D eigenvalue weighted by Gasteiger charge is 2.44. The number of fused-ring (bicyclic) bond motifs is 1. The van der Waals surface area contributed by atoms with E-state index in [0.717, 1.165) is 37.7 Å². The Bertz CT molecular complexity index is 1140. The molecule has 0 saturated heterocycles. The predicted octanol–water partition coefficient (Wildman–Crippen LogP) is 0.281. The van der Waals surface area contributed by atoms with Crippen molar-refractivity contribution in [1.82, 2.24) is 15.6 Å². The van der Waals surface area contributed by atoms with Crippen molar-refractivity contribution in [3.05, 3.63) is 54.2 Å². The van der Waals surface area contributed by atoms with Crippen LogP contribution in [0.15, 0.2) is 48.7 Å². The zero-order chi connectivity index (χ0) is 27.3. The summed E-state index contributed by atoms with van der Waals surface area (Å²) >= 11 is 0. The third kappa shape index (κ3) is 6.63. The molecule has 1 aliphatic heterocycles. The Morgan fingerprint density at radius 1 is 1.11 bits per heavy atom. The van der Waals surface area contributed by atoms with Crippen molar-refractivity contribution < 1.29 is 19.5 Å². The first-order chi connectivity index (χ1) is 18.2. The van der Waals surface area contributed by atoms with Crippen molar-refractivity contribution in [2.75, 3.05) is 10.2 Å². The lowest BCUT2D eigenvalue weighted by Gasteiger charge is -2.35. The maximum Gasteiger partial charge on any atom is 0.251 e. The zero-order valence-corrected chi connectivity index (χ0v) is 22.4. The summed E-state index contributed by atoms with van der Waals surface area (Å²) in [6, 6.07) is 10.6. The Hall–Kier alpha value is -3.17. The summed E-state index contributed by atoms with van der Waals surface area (Å²) in [4.78, 5) is 47.1. The minimum absolute atomic E-state index is 0.0505. The maximum absolute atomic E-state index is 14.3. The Balaban J connectivity index is 1.63. The van der Waals surface area contributed by atoms with E-state index in [1.807, 2.05) is 31.2 Å². The molecule has 200 valence electrons. The molecule has 1 aliphatic carbocycles. The maximum atomic E-state index is 14.3. The summed E-state index contributed by atoms with van der Waals surface area (Å²) in [5.74, 6) is -0.558. The van der Waals surface area contributed by atoms with E-state index < -0.39 is 23.6 Å². The number of pyridine rings is 1. The fourth-order valence-corrected chi connectivity index (χ4v) is 5.50. The number of carbonyl (C=O) groups is 3. The van der Waals surface area contributed by atoms with Crippen LogP contribution in [-0.4, -0.2) is 67.2 Å². The minimum Gasteiger partial charge on any atom is -0.394 e. The predicted molar refractivity (Wildman–Crippen MR) is 152 cm³/mol. The lowest BCUT2D eigenvalue weighted by Crippen LogP contribution is -2.61. The molecule has 2 aliphatic rings. The van der Waals surface area contributed by atoms with Crippen LogP contribution >= 0.6 is 0 Å². The Labute approximate surface area is 226 Å². The van der Waals surface area contributed by atoms with E-state index in [-0.39, 0.29) is 23.6 Å². The van der Waals surface area contributed by atoms with E-state index in [9.17, 15) is 19.5 Å². The number of nitrogens with one attached hydrogen (secondary N) is 3. The van der Waals surface area contributed by atoms with Gasteiger partial charge in [0.2, 0.25) is 11.8 Å². The molecule has 0 spiro atoms. The highest BCUT2D eigenvalue weighted by Crippen LogP contribution is 2.34. The molecule has 11 heteroatoms. The van der Waals surface area contributed by atoms with E-state index in [2.05, 4.69) is 20.9 Å². The fraction of sp³-hybridized carbons (Fsp3) is 0.481. The summed E-state index contributed by atoms with van der Waals surface area (Å²) < 4.78 is 0. The molecule has 2 unspecified atom stereocenters. The largest absolute Gasteiger partial charge is 0.394 e. The van der Waals surface area contributed by atoms with Gasteiger partial charge in [0.15, 0.2) is 0 Å². The summed E-state index contributed by atoms with van der Waals surface area (Å²) in [6.07, 6.45) is 7.09.